The van der Waals surface area contributed by atoms with Gasteiger partial charge in [-0.05, 0) is 18.6 Å². The monoisotopic (exact) mass is 476 g/mol. The van der Waals surface area contributed by atoms with E-state index in [1.54, 1.807) is 4.57 Å². The van der Waals surface area contributed by atoms with Gasteiger partial charge in [0.1, 0.15) is 17.8 Å². The van der Waals surface area contributed by atoms with Crippen LogP contribution in [0.25, 0.3) is 23.0 Å². The van der Waals surface area contributed by atoms with Crippen molar-refractivity contribution in [3.05, 3.63) is 60.6 Å². The minimum atomic E-state index is -4.37. The van der Waals surface area contributed by atoms with Crippen LogP contribution >= 0.6 is 0 Å². The van der Waals surface area contributed by atoms with Gasteiger partial charge in [0.15, 0.2) is 23.3 Å². The summed E-state index contributed by atoms with van der Waals surface area (Å²) in [5.41, 5.74) is 0.307. The first-order chi connectivity index (χ1) is 16.3. The van der Waals surface area contributed by atoms with Crippen molar-refractivity contribution in [3.8, 4) is 23.0 Å². The van der Waals surface area contributed by atoms with Crippen LogP contribution < -0.4 is 4.90 Å². The zero-order valence-electron chi connectivity index (χ0n) is 17.7. The number of anilines is 1. The van der Waals surface area contributed by atoms with Gasteiger partial charge in [0.05, 0.1) is 24.2 Å². The van der Waals surface area contributed by atoms with Crippen molar-refractivity contribution >= 4 is 5.82 Å². The molecule has 34 heavy (non-hydrogen) atoms. The fraction of sp³-hybridized carbons (Fsp3) is 0.286. The van der Waals surface area contributed by atoms with Crippen molar-refractivity contribution in [2.75, 3.05) is 11.4 Å². The minimum Gasteiger partial charge on any atom is -0.344 e. The first-order valence-corrected chi connectivity index (χ1v) is 10.4. The predicted octanol–water partition coefficient (Wildman–Crippen LogP) is 4.41. The Morgan fingerprint density at radius 3 is 2.68 bits per heavy atom. The topological polar surface area (TPSA) is 77.5 Å². The number of imidazole rings is 1. The van der Waals surface area contributed by atoms with Crippen LogP contribution in [0.1, 0.15) is 31.6 Å². The number of nitrogens with zero attached hydrogens (tertiary/aromatic N) is 8. The van der Waals surface area contributed by atoms with Crippen LogP contribution in [0.4, 0.5) is 27.8 Å². The molecule has 0 amide bonds. The van der Waals surface area contributed by atoms with Crippen LogP contribution in [0.3, 0.4) is 0 Å². The van der Waals surface area contributed by atoms with Gasteiger partial charge in [-0.25, -0.2) is 18.7 Å². The maximum Gasteiger partial charge on any atom is 0.390 e. The molecule has 4 aromatic rings. The van der Waals surface area contributed by atoms with E-state index in [-0.39, 0.29) is 29.7 Å². The number of fused-ring (bicyclic) bond motifs is 3. The van der Waals surface area contributed by atoms with Crippen LogP contribution in [0.5, 0.6) is 0 Å². The number of benzene rings is 1. The summed E-state index contributed by atoms with van der Waals surface area (Å²) in [7, 11) is 0. The summed E-state index contributed by atoms with van der Waals surface area (Å²) in [6, 6.07) is 3.20. The molecule has 1 aliphatic rings. The molecule has 0 aliphatic carbocycles. The Morgan fingerprint density at radius 1 is 1.09 bits per heavy atom. The summed E-state index contributed by atoms with van der Waals surface area (Å²) in [6.45, 7) is 1.48. The number of hydrogen-bond acceptors (Lipinski definition) is 6. The summed E-state index contributed by atoms with van der Waals surface area (Å²) >= 11 is 0. The van der Waals surface area contributed by atoms with Gasteiger partial charge in [0.25, 0.3) is 0 Å². The fourth-order valence-electron chi connectivity index (χ4n) is 4.05. The molecule has 1 aliphatic heterocycles. The standard InChI is InChI=1S/C21H17F5N8/c1-2-14-19-31-29-11-34(19)15-10-28-20(30-18(15)32(14)8-6-21(24,25)26)33-9-7-27-17(33)12-4-3-5-13(22)16(12)23/h3-5,7,9-11,14H,2,6,8H2,1H3/t14-/m1/s1. The van der Waals surface area contributed by atoms with Crippen LogP contribution in [0.15, 0.2) is 43.1 Å². The SMILES string of the molecule is CC[C@@H]1c2nncn2-c2cnc(-n3ccnc3-c3cccc(F)c3F)nc2N1CCC(F)(F)F. The average Bonchev–Trinajstić information content (AvgIpc) is 3.48. The average molecular weight is 476 g/mol. The lowest BCUT2D eigenvalue weighted by atomic mass is 10.1. The lowest BCUT2D eigenvalue weighted by Crippen LogP contribution is -2.38. The van der Waals surface area contributed by atoms with Gasteiger partial charge in [0, 0.05) is 18.9 Å². The molecule has 8 nitrogen and oxygen atoms in total. The van der Waals surface area contributed by atoms with E-state index >= 15 is 0 Å². The molecule has 0 saturated heterocycles. The van der Waals surface area contributed by atoms with E-state index < -0.39 is 30.3 Å². The maximum atomic E-state index is 14.4. The van der Waals surface area contributed by atoms with Crippen LogP contribution in [-0.4, -0.2) is 47.0 Å². The van der Waals surface area contributed by atoms with Crippen molar-refractivity contribution in [2.24, 2.45) is 0 Å². The molecule has 0 spiro atoms. The highest BCUT2D eigenvalue weighted by molar-refractivity contribution is 5.63. The van der Waals surface area contributed by atoms with Gasteiger partial charge in [-0.1, -0.05) is 13.0 Å². The number of aromatic nitrogens is 7. The van der Waals surface area contributed by atoms with E-state index in [2.05, 4.69) is 25.1 Å². The molecular weight excluding hydrogens is 459 g/mol. The van der Waals surface area contributed by atoms with Crippen molar-refractivity contribution in [1.82, 2.24) is 34.3 Å². The quantitative estimate of drug-likeness (QED) is 0.397. The van der Waals surface area contributed by atoms with Crippen molar-refractivity contribution < 1.29 is 22.0 Å². The molecule has 0 N–H and O–H groups in total. The van der Waals surface area contributed by atoms with E-state index in [1.165, 1.54) is 46.5 Å². The molecule has 0 bridgehead atoms. The van der Waals surface area contributed by atoms with Crippen LogP contribution in [0, 0.1) is 11.6 Å². The fourth-order valence-corrected chi connectivity index (χ4v) is 4.05. The van der Waals surface area contributed by atoms with Crippen molar-refractivity contribution in [2.45, 2.75) is 32.0 Å². The highest BCUT2D eigenvalue weighted by Gasteiger charge is 2.37. The van der Waals surface area contributed by atoms with Gasteiger partial charge >= 0.3 is 6.18 Å². The Kier molecular flexibility index (Phi) is 5.25. The highest BCUT2D eigenvalue weighted by Crippen LogP contribution is 2.39. The third-order valence-corrected chi connectivity index (χ3v) is 5.59. The summed E-state index contributed by atoms with van der Waals surface area (Å²) in [5.74, 6) is -1.31. The summed E-state index contributed by atoms with van der Waals surface area (Å²) < 4.78 is 70.5. The Bertz CT molecular complexity index is 1350. The molecule has 4 heterocycles. The second kappa shape index (κ2) is 8.15. The van der Waals surface area contributed by atoms with E-state index in [9.17, 15) is 22.0 Å². The highest BCUT2D eigenvalue weighted by atomic mass is 19.4. The molecule has 0 fully saturated rings. The smallest absolute Gasteiger partial charge is 0.344 e. The van der Waals surface area contributed by atoms with E-state index in [0.29, 0.717) is 17.9 Å². The number of alkyl halides is 3. The number of rotatable bonds is 5. The molecule has 0 saturated carbocycles. The summed E-state index contributed by atoms with van der Waals surface area (Å²) in [6.07, 6.45) is 0.754. The number of halogens is 5. The summed E-state index contributed by atoms with van der Waals surface area (Å²) in [5, 5.41) is 7.99. The Labute approximate surface area is 189 Å². The molecule has 176 valence electrons. The molecule has 13 heteroatoms. The molecule has 1 aromatic carbocycles. The molecule has 0 unspecified atom stereocenters. The van der Waals surface area contributed by atoms with Crippen molar-refractivity contribution in [3.63, 3.8) is 0 Å². The third-order valence-electron chi connectivity index (χ3n) is 5.59. The van der Waals surface area contributed by atoms with Gasteiger partial charge in [-0.2, -0.15) is 18.2 Å². The van der Waals surface area contributed by atoms with Crippen molar-refractivity contribution in [1.29, 1.82) is 0 Å². The molecule has 3 aromatic heterocycles. The van der Waals surface area contributed by atoms with Gasteiger partial charge in [0.2, 0.25) is 5.95 Å². The van der Waals surface area contributed by atoms with E-state index in [1.807, 2.05) is 6.92 Å². The number of hydrogen-bond donors (Lipinski definition) is 0. The lowest BCUT2D eigenvalue weighted by Gasteiger charge is -2.37. The predicted molar refractivity (Wildman–Crippen MR) is 110 cm³/mol. The van der Waals surface area contributed by atoms with Gasteiger partial charge in [-0.15, -0.1) is 10.2 Å². The molecule has 5 rings (SSSR count). The summed E-state index contributed by atoms with van der Waals surface area (Å²) in [4.78, 5) is 14.5. The largest absolute Gasteiger partial charge is 0.390 e. The van der Waals surface area contributed by atoms with Gasteiger partial charge in [-0.3, -0.25) is 9.13 Å². The second-order valence-corrected chi connectivity index (χ2v) is 7.64. The van der Waals surface area contributed by atoms with Crippen LogP contribution in [0.2, 0.25) is 0 Å². The second-order valence-electron chi connectivity index (χ2n) is 7.64. The minimum absolute atomic E-state index is 0.0401. The Morgan fingerprint density at radius 2 is 1.91 bits per heavy atom. The molecule has 1 atom stereocenters. The maximum absolute atomic E-state index is 14.4. The first kappa shape index (κ1) is 21.9. The van der Waals surface area contributed by atoms with Gasteiger partial charge < -0.3 is 4.90 Å². The first-order valence-electron chi connectivity index (χ1n) is 10.4. The zero-order valence-corrected chi connectivity index (χ0v) is 17.7. The molecule has 0 radical (unpaired) electrons. The Hall–Kier alpha value is -3.90. The molecular formula is C21H17F5N8. The lowest BCUT2D eigenvalue weighted by molar-refractivity contribution is -0.132. The zero-order chi connectivity index (χ0) is 24.0. The van der Waals surface area contributed by atoms with E-state index in [0.717, 1.165) is 6.07 Å². The Balaban J connectivity index is 1.64. The third kappa shape index (κ3) is 3.66. The normalized spacial score (nSPS) is 15.4. The van der Waals surface area contributed by atoms with E-state index in [4.69, 9.17) is 0 Å². The van der Waals surface area contributed by atoms with Crippen LogP contribution in [-0.2, 0) is 0 Å².